The van der Waals surface area contributed by atoms with Gasteiger partial charge in [0, 0.05) is 0 Å². The Morgan fingerprint density at radius 2 is 1.86 bits per heavy atom. The minimum atomic E-state index is 1.11. The molecule has 0 unspecified atom stereocenters. The molecule has 74 valence electrons. The van der Waals surface area contributed by atoms with E-state index in [4.69, 9.17) is 0 Å². The lowest BCUT2D eigenvalue weighted by Crippen LogP contribution is -1.75. The maximum absolute atomic E-state index is 2.28. The van der Waals surface area contributed by atoms with Crippen molar-refractivity contribution in [1.29, 1.82) is 0 Å². The second-order valence-corrected chi connectivity index (χ2v) is 3.28. The van der Waals surface area contributed by atoms with Gasteiger partial charge in [-0.05, 0) is 18.4 Å². The van der Waals surface area contributed by atoms with E-state index >= 15 is 0 Å². The molecule has 0 amide bonds. The molecule has 0 nitrogen and oxygen atoms in total. The van der Waals surface area contributed by atoms with Crippen molar-refractivity contribution in [2.24, 2.45) is 0 Å². The van der Waals surface area contributed by atoms with Crippen molar-refractivity contribution in [2.45, 2.75) is 26.7 Å². The van der Waals surface area contributed by atoms with Gasteiger partial charge in [0.2, 0.25) is 0 Å². The van der Waals surface area contributed by atoms with Crippen molar-refractivity contribution < 1.29 is 0 Å². The highest BCUT2D eigenvalue weighted by Gasteiger charge is 1.87. The fourth-order valence-electron chi connectivity index (χ4n) is 1.36. The van der Waals surface area contributed by atoms with Crippen LogP contribution in [0.15, 0.2) is 48.1 Å². The monoisotopic (exact) mass is 186 g/mol. The van der Waals surface area contributed by atoms with Crippen LogP contribution in [0.2, 0.25) is 0 Å². The summed E-state index contributed by atoms with van der Waals surface area (Å²) >= 11 is 0. The molecule has 0 aliphatic heterocycles. The molecule has 0 radical (unpaired) electrons. The standard InChI is InChI=1S/C14H18/c1-3-8-13(4-2)11-12-14-9-6-5-7-10-14/h5-12H,3-4H2,1-2H3/b12-11+,13-8+. The Bertz CT molecular complexity index is 304. The van der Waals surface area contributed by atoms with Gasteiger partial charge in [-0.1, -0.05) is 68.0 Å². The molecule has 0 spiro atoms. The lowest BCUT2D eigenvalue weighted by atomic mass is 10.1. The van der Waals surface area contributed by atoms with Crippen LogP contribution in [0, 0.1) is 0 Å². The van der Waals surface area contributed by atoms with Crippen molar-refractivity contribution >= 4 is 6.08 Å². The van der Waals surface area contributed by atoms with Gasteiger partial charge in [0.1, 0.15) is 0 Å². The maximum Gasteiger partial charge on any atom is -0.0257 e. The molecular formula is C14H18. The first-order chi connectivity index (χ1) is 6.86. The second-order valence-electron chi connectivity index (χ2n) is 3.28. The van der Waals surface area contributed by atoms with E-state index in [-0.39, 0.29) is 0 Å². The summed E-state index contributed by atoms with van der Waals surface area (Å²) in [6.45, 7) is 4.36. The number of hydrogen-bond acceptors (Lipinski definition) is 0. The van der Waals surface area contributed by atoms with Crippen LogP contribution in [-0.4, -0.2) is 0 Å². The maximum atomic E-state index is 2.28. The van der Waals surface area contributed by atoms with Gasteiger partial charge in [0.05, 0.1) is 0 Å². The minimum absolute atomic E-state index is 1.11. The van der Waals surface area contributed by atoms with E-state index in [9.17, 15) is 0 Å². The summed E-state index contributed by atoms with van der Waals surface area (Å²) in [7, 11) is 0. The molecule has 1 aromatic carbocycles. The van der Waals surface area contributed by atoms with Gasteiger partial charge in [-0.3, -0.25) is 0 Å². The molecule has 1 aromatic rings. The van der Waals surface area contributed by atoms with Crippen LogP contribution in [0.4, 0.5) is 0 Å². The third-order valence-electron chi connectivity index (χ3n) is 2.16. The van der Waals surface area contributed by atoms with Crippen molar-refractivity contribution in [3.8, 4) is 0 Å². The Morgan fingerprint density at radius 3 is 2.43 bits per heavy atom. The van der Waals surface area contributed by atoms with E-state index < -0.39 is 0 Å². The molecule has 0 bridgehead atoms. The molecule has 0 aromatic heterocycles. The SMILES string of the molecule is CC/C=C(/C=C/c1ccccc1)CC. The summed E-state index contributed by atoms with van der Waals surface area (Å²) < 4.78 is 0. The summed E-state index contributed by atoms with van der Waals surface area (Å²) in [6.07, 6.45) is 8.88. The van der Waals surface area contributed by atoms with Crippen molar-refractivity contribution in [1.82, 2.24) is 0 Å². The average molecular weight is 186 g/mol. The second kappa shape index (κ2) is 6.20. The smallest absolute Gasteiger partial charge is 0.0257 e. The van der Waals surface area contributed by atoms with Gasteiger partial charge < -0.3 is 0 Å². The molecular weight excluding hydrogens is 168 g/mol. The van der Waals surface area contributed by atoms with E-state index in [2.05, 4.69) is 56.3 Å². The molecule has 0 heterocycles. The summed E-state index contributed by atoms with van der Waals surface area (Å²) in [6, 6.07) is 10.4. The van der Waals surface area contributed by atoms with Crippen LogP contribution >= 0.6 is 0 Å². The van der Waals surface area contributed by atoms with E-state index in [1.807, 2.05) is 6.07 Å². The molecule has 1 rings (SSSR count). The number of hydrogen-bond donors (Lipinski definition) is 0. The van der Waals surface area contributed by atoms with Gasteiger partial charge in [-0.2, -0.15) is 0 Å². The van der Waals surface area contributed by atoms with E-state index in [0.717, 1.165) is 12.8 Å². The zero-order valence-corrected chi connectivity index (χ0v) is 9.03. The lowest BCUT2D eigenvalue weighted by molar-refractivity contribution is 1.10. The highest BCUT2D eigenvalue weighted by atomic mass is 13.9. The number of rotatable bonds is 4. The lowest BCUT2D eigenvalue weighted by Gasteiger charge is -1.96. The normalized spacial score (nSPS) is 12.3. The predicted molar refractivity (Wildman–Crippen MR) is 64.1 cm³/mol. The first kappa shape index (κ1) is 10.8. The Hall–Kier alpha value is -1.30. The Morgan fingerprint density at radius 1 is 1.14 bits per heavy atom. The quantitative estimate of drug-likeness (QED) is 0.609. The first-order valence-electron chi connectivity index (χ1n) is 5.29. The van der Waals surface area contributed by atoms with Crippen LogP contribution < -0.4 is 0 Å². The van der Waals surface area contributed by atoms with Crippen LogP contribution in [0.25, 0.3) is 6.08 Å². The Balaban J connectivity index is 2.68. The van der Waals surface area contributed by atoms with Crippen LogP contribution in [0.1, 0.15) is 32.3 Å². The summed E-state index contributed by atoms with van der Waals surface area (Å²) in [5.74, 6) is 0. The minimum Gasteiger partial charge on any atom is -0.0816 e. The topological polar surface area (TPSA) is 0 Å². The van der Waals surface area contributed by atoms with E-state index in [0.29, 0.717) is 0 Å². The van der Waals surface area contributed by atoms with Crippen LogP contribution in [-0.2, 0) is 0 Å². The molecule has 0 atom stereocenters. The highest BCUT2D eigenvalue weighted by molar-refractivity contribution is 5.52. The van der Waals surface area contributed by atoms with Gasteiger partial charge >= 0.3 is 0 Å². The van der Waals surface area contributed by atoms with Crippen molar-refractivity contribution in [3.63, 3.8) is 0 Å². The summed E-state index contributed by atoms with van der Waals surface area (Å²) in [5.41, 5.74) is 2.68. The molecule has 0 saturated carbocycles. The Labute approximate surface area is 87.0 Å². The van der Waals surface area contributed by atoms with E-state index in [1.165, 1.54) is 11.1 Å². The van der Waals surface area contributed by atoms with Gasteiger partial charge in [-0.15, -0.1) is 0 Å². The molecule has 0 aliphatic carbocycles. The average Bonchev–Trinajstić information content (AvgIpc) is 2.25. The molecule has 0 fully saturated rings. The van der Waals surface area contributed by atoms with Crippen LogP contribution in [0.3, 0.4) is 0 Å². The third kappa shape index (κ3) is 3.61. The zero-order valence-electron chi connectivity index (χ0n) is 9.03. The fraction of sp³-hybridized carbons (Fsp3) is 0.286. The molecule has 14 heavy (non-hydrogen) atoms. The predicted octanol–water partition coefficient (Wildman–Crippen LogP) is 4.45. The van der Waals surface area contributed by atoms with Gasteiger partial charge in [-0.25, -0.2) is 0 Å². The molecule has 0 N–H and O–H groups in total. The fourth-order valence-corrected chi connectivity index (χ4v) is 1.36. The molecule has 0 aliphatic rings. The summed E-state index contributed by atoms with van der Waals surface area (Å²) in [4.78, 5) is 0. The van der Waals surface area contributed by atoms with Crippen molar-refractivity contribution in [3.05, 3.63) is 53.6 Å². The van der Waals surface area contributed by atoms with Crippen molar-refractivity contribution in [2.75, 3.05) is 0 Å². The molecule has 0 saturated heterocycles. The number of allylic oxidation sites excluding steroid dienone is 3. The largest absolute Gasteiger partial charge is 0.0816 e. The summed E-state index contributed by atoms with van der Waals surface area (Å²) in [5, 5.41) is 0. The van der Waals surface area contributed by atoms with Gasteiger partial charge in [0.15, 0.2) is 0 Å². The highest BCUT2D eigenvalue weighted by Crippen LogP contribution is 2.08. The zero-order chi connectivity index (χ0) is 10.2. The molecule has 0 heteroatoms. The van der Waals surface area contributed by atoms with Crippen LogP contribution in [0.5, 0.6) is 0 Å². The Kier molecular flexibility index (Phi) is 4.77. The third-order valence-corrected chi connectivity index (χ3v) is 2.16. The number of benzene rings is 1. The first-order valence-corrected chi connectivity index (χ1v) is 5.29. The van der Waals surface area contributed by atoms with Gasteiger partial charge in [0.25, 0.3) is 0 Å². The van der Waals surface area contributed by atoms with E-state index in [1.54, 1.807) is 0 Å².